The molecule has 0 saturated carbocycles. The van der Waals surface area contributed by atoms with E-state index in [0.717, 1.165) is 11.4 Å². The molecule has 5 nitrogen and oxygen atoms in total. The molecule has 2 N–H and O–H groups in total. The van der Waals surface area contributed by atoms with Gasteiger partial charge in [-0.3, -0.25) is 4.79 Å². The largest absolute Gasteiger partial charge is 0.494 e. The van der Waals surface area contributed by atoms with Crippen LogP contribution in [0.15, 0.2) is 54.6 Å². The Morgan fingerprint density at radius 2 is 1.58 bits per heavy atom. The molecule has 0 heterocycles. The van der Waals surface area contributed by atoms with E-state index in [2.05, 4.69) is 24.5 Å². The molecule has 0 saturated heterocycles. The van der Waals surface area contributed by atoms with Gasteiger partial charge in [-0.05, 0) is 49.2 Å². The van der Waals surface area contributed by atoms with Gasteiger partial charge in [0.15, 0.2) is 6.61 Å². The predicted molar refractivity (Wildman–Crippen MR) is 105 cm³/mol. The van der Waals surface area contributed by atoms with Crippen molar-refractivity contribution in [3.63, 3.8) is 0 Å². The molecule has 0 bridgehead atoms. The molecule has 0 fully saturated rings. The summed E-state index contributed by atoms with van der Waals surface area (Å²) in [6.45, 7) is 7.34. The van der Waals surface area contributed by atoms with Crippen LogP contribution in [0.1, 0.15) is 20.8 Å². The first-order chi connectivity index (χ1) is 12.6. The molecule has 0 aliphatic heterocycles. The van der Waals surface area contributed by atoms with Crippen LogP contribution in [0.4, 0.5) is 5.69 Å². The van der Waals surface area contributed by atoms with Gasteiger partial charge in [-0.25, -0.2) is 0 Å². The van der Waals surface area contributed by atoms with Gasteiger partial charge in [0.05, 0.1) is 6.61 Å². The maximum atomic E-state index is 12.1. The zero-order valence-electron chi connectivity index (χ0n) is 15.7. The molecular weight excluding hydrogens is 328 g/mol. The summed E-state index contributed by atoms with van der Waals surface area (Å²) in [5.74, 6) is 1.67. The first-order valence-electron chi connectivity index (χ1n) is 9.02. The van der Waals surface area contributed by atoms with Crippen molar-refractivity contribution in [1.82, 2.24) is 5.32 Å². The highest BCUT2D eigenvalue weighted by Gasteiger charge is 2.14. The van der Waals surface area contributed by atoms with E-state index in [1.54, 1.807) is 12.1 Å². The lowest BCUT2D eigenvalue weighted by molar-refractivity contribution is -0.123. The summed E-state index contributed by atoms with van der Waals surface area (Å²) in [6, 6.07) is 17.4. The molecule has 0 radical (unpaired) electrons. The summed E-state index contributed by atoms with van der Waals surface area (Å²) in [6.07, 6.45) is 0. The Balaban J connectivity index is 1.77. The minimum atomic E-state index is -0.139. The van der Waals surface area contributed by atoms with Gasteiger partial charge in [0, 0.05) is 18.3 Å². The fourth-order valence-corrected chi connectivity index (χ4v) is 2.42. The van der Waals surface area contributed by atoms with E-state index in [4.69, 9.17) is 9.47 Å². The van der Waals surface area contributed by atoms with Crippen LogP contribution in [0.25, 0.3) is 0 Å². The van der Waals surface area contributed by atoms with Crippen LogP contribution in [-0.4, -0.2) is 31.7 Å². The predicted octanol–water partition coefficient (Wildman–Crippen LogP) is 3.72. The Labute approximate surface area is 155 Å². The third-order valence-corrected chi connectivity index (χ3v) is 3.95. The molecule has 5 heteroatoms. The van der Waals surface area contributed by atoms with Gasteiger partial charge < -0.3 is 20.1 Å². The van der Waals surface area contributed by atoms with E-state index in [-0.39, 0.29) is 18.6 Å². The highest BCUT2D eigenvalue weighted by molar-refractivity contribution is 5.77. The molecule has 2 aromatic rings. The molecule has 2 rings (SSSR count). The lowest BCUT2D eigenvalue weighted by Gasteiger charge is -2.24. The first kappa shape index (κ1) is 19.6. The van der Waals surface area contributed by atoms with Crippen molar-refractivity contribution < 1.29 is 14.3 Å². The van der Waals surface area contributed by atoms with Crippen molar-refractivity contribution in [2.45, 2.75) is 26.8 Å². The number of rotatable bonds is 10. The normalized spacial score (nSPS) is 11.7. The summed E-state index contributed by atoms with van der Waals surface area (Å²) in [7, 11) is 0. The first-order valence-corrected chi connectivity index (χ1v) is 9.02. The molecule has 26 heavy (non-hydrogen) atoms. The maximum absolute atomic E-state index is 12.1. The topological polar surface area (TPSA) is 59.6 Å². The summed E-state index contributed by atoms with van der Waals surface area (Å²) in [5, 5.41) is 6.39. The van der Waals surface area contributed by atoms with Crippen LogP contribution < -0.4 is 20.1 Å². The number of hydrogen-bond donors (Lipinski definition) is 2. The fraction of sp³-hybridized carbons (Fsp3) is 0.381. The standard InChI is InChI=1S/C21H28N2O3/c1-4-25-18-10-12-19(13-11-18)26-15-21(24)22-14-20(16(2)3)23-17-8-6-5-7-9-17/h5-13,16,20,23H,4,14-15H2,1-3H3,(H,22,24). The van der Waals surface area contributed by atoms with Crippen molar-refractivity contribution in [3.05, 3.63) is 54.6 Å². The van der Waals surface area contributed by atoms with Gasteiger partial charge in [0.1, 0.15) is 11.5 Å². The molecule has 0 aromatic heterocycles. The lowest BCUT2D eigenvalue weighted by atomic mass is 10.0. The van der Waals surface area contributed by atoms with E-state index in [0.29, 0.717) is 24.8 Å². The van der Waals surface area contributed by atoms with E-state index in [9.17, 15) is 4.79 Å². The lowest BCUT2D eigenvalue weighted by Crippen LogP contribution is -2.41. The van der Waals surface area contributed by atoms with Crippen molar-refractivity contribution in [2.75, 3.05) is 25.1 Å². The van der Waals surface area contributed by atoms with Gasteiger partial charge in [0.25, 0.3) is 5.91 Å². The average molecular weight is 356 g/mol. The third-order valence-electron chi connectivity index (χ3n) is 3.95. The Bertz CT molecular complexity index is 657. The average Bonchev–Trinajstić information content (AvgIpc) is 2.65. The van der Waals surface area contributed by atoms with Gasteiger partial charge >= 0.3 is 0 Å². The molecular formula is C21H28N2O3. The van der Waals surface area contributed by atoms with Crippen LogP contribution in [0.3, 0.4) is 0 Å². The van der Waals surface area contributed by atoms with Crippen LogP contribution in [0.5, 0.6) is 11.5 Å². The summed E-state index contributed by atoms with van der Waals surface area (Å²) in [5.41, 5.74) is 1.05. The van der Waals surface area contributed by atoms with Crippen LogP contribution >= 0.6 is 0 Å². The molecule has 0 aliphatic carbocycles. The second kappa shape index (κ2) is 10.3. The molecule has 140 valence electrons. The van der Waals surface area contributed by atoms with Gasteiger partial charge in [-0.1, -0.05) is 32.0 Å². The second-order valence-electron chi connectivity index (χ2n) is 6.36. The van der Waals surface area contributed by atoms with Crippen molar-refractivity contribution in [1.29, 1.82) is 0 Å². The molecule has 1 unspecified atom stereocenters. The summed E-state index contributed by atoms with van der Waals surface area (Å²) >= 11 is 0. The number of hydrogen-bond acceptors (Lipinski definition) is 4. The Morgan fingerprint density at radius 1 is 0.962 bits per heavy atom. The number of benzene rings is 2. The maximum Gasteiger partial charge on any atom is 0.258 e. The van der Waals surface area contributed by atoms with E-state index < -0.39 is 0 Å². The van der Waals surface area contributed by atoms with Crippen LogP contribution in [0.2, 0.25) is 0 Å². The second-order valence-corrected chi connectivity index (χ2v) is 6.36. The number of para-hydroxylation sites is 1. The molecule has 1 atom stereocenters. The Morgan fingerprint density at radius 3 is 2.15 bits per heavy atom. The van der Waals surface area contributed by atoms with Gasteiger partial charge in [-0.15, -0.1) is 0 Å². The SMILES string of the molecule is CCOc1ccc(OCC(=O)NCC(Nc2ccccc2)C(C)C)cc1. The number of amides is 1. The fourth-order valence-electron chi connectivity index (χ4n) is 2.42. The minimum Gasteiger partial charge on any atom is -0.494 e. The zero-order valence-corrected chi connectivity index (χ0v) is 15.7. The minimum absolute atomic E-state index is 0.00979. The summed E-state index contributed by atoms with van der Waals surface area (Å²) in [4.78, 5) is 12.1. The number of ether oxygens (including phenoxy) is 2. The number of carbonyl (C=O) groups excluding carboxylic acids is 1. The highest BCUT2D eigenvalue weighted by Crippen LogP contribution is 2.17. The van der Waals surface area contributed by atoms with E-state index in [1.807, 2.05) is 49.4 Å². The van der Waals surface area contributed by atoms with Crippen molar-refractivity contribution in [2.24, 2.45) is 5.92 Å². The van der Waals surface area contributed by atoms with Gasteiger partial charge in [0.2, 0.25) is 0 Å². The summed E-state index contributed by atoms with van der Waals surface area (Å²) < 4.78 is 10.9. The Kier molecular flexibility index (Phi) is 7.80. The van der Waals surface area contributed by atoms with Crippen molar-refractivity contribution in [3.8, 4) is 11.5 Å². The molecule has 1 amide bonds. The smallest absolute Gasteiger partial charge is 0.258 e. The van der Waals surface area contributed by atoms with Crippen LogP contribution in [-0.2, 0) is 4.79 Å². The van der Waals surface area contributed by atoms with E-state index >= 15 is 0 Å². The van der Waals surface area contributed by atoms with Crippen LogP contribution in [0, 0.1) is 5.92 Å². The Hall–Kier alpha value is -2.69. The highest BCUT2D eigenvalue weighted by atomic mass is 16.5. The molecule has 0 aliphatic rings. The number of anilines is 1. The monoisotopic (exact) mass is 356 g/mol. The van der Waals surface area contributed by atoms with E-state index in [1.165, 1.54) is 0 Å². The quantitative estimate of drug-likeness (QED) is 0.681. The number of nitrogens with one attached hydrogen (secondary N) is 2. The third kappa shape index (κ3) is 6.67. The molecule has 0 spiro atoms. The zero-order chi connectivity index (χ0) is 18.8. The molecule has 2 aromatic carbocycles. The van der Waals surface area contributed by atoms with Gasteiger partial charge in [-0.2, -0.15) is 0 Å². The number of carbonyl (C=O) groups is 1. The van der Waals surface area contributed by atoms with Crippen molar-refractivity contribution >= 4 is 11.6 Å².